The Bertz CT molecular complexity index is 471. The highest BCUT2D eigenvalue weighted by molar-refractivity contribution is 8.01. The summed E-state index contributed by atoms with van der Waals surface area (Å²) in [6.45, 7) is 8.90. The second-order valence-electron chi connectivity index (χ2n) is 5.88. The minimum atomic E-state index is 0. The maximum Gasteiger partial charge on any atom is 0.230 e. The fraction of sp³-hybridized carbons (Fsp3) is 0.533. The van der Waals surface area contributed by atoms with Crippen LogP contribution in [0.2, 0.25) is 0 Å². The van der Waals surface area contributed by atoms with Crippen molar-refractivity contribution in [2.75, 3.05) is 5.75 Å². The molecule has 20 heavy (non-hydrogen) atoms. The summed E-state index contributed by atoms with van der Waals surface area (Å²) in [5, 5.41) is 6.31. The third-order valence-corrected chi connectivity index (χ3v) is 4.30. The molecule has 0 atom stereocenters. The molecule has 112 valence electrons. The molecule has 5 heteroatoms. The van der Waals surface area contributed by atoms with Crippen molar-refractivity contribution < 1.29 is 4.79 Å². The molecule has 0 saturated carbocycles. The summed E-state index contributed by atoms with van der Waals surface area (Å²) in [5.74, 6) is 0.634. The zero-order valence-electron chi connectivity index (χ0n) is 12.3. The summed E-state index contributed by atoms with van der Waals surface area (Å²) in [6.07, 6.45) is 0. The predicted molar refractivity (Wildman–Crippen MR) is 88.3 cm³/mol. The van der Waals surface area contributed by atoms with Gasteiger partial charge in [0.1, 0.15) is 0 Å². The number of amides is 1. The summed E-state index contributed by atoms with van der Waals surface area (Å²) in [7, 11) is 0. The molecule has 0 saturated heterocycles. The van der Waals surface area contributed by atoms with E-state index in [2.05, 4.69) is 49.6 Å². The maximum absolute atomic E-state index is 11.8. The molecule has 1 aromatic rings. The van der Waals surface area contributed by atoms with Gasteiger partial charge < -0.3 is 10.6 Å². The van der Waals surface area contributed by atoms with Crippen molar-refractivity contribution in [1.29, 1.82) is 0 Å². The van der Waals surface area contributed by atoms with E-state index in [0.717, 1.165) is 13.1 Å². The molecule has 2 N–H and O–H groups in total. The van der Waals surface area contributed by atoms with Crippen molar-refractivity contribution in [1.82, 2.24) is 10.6 Å². The monoisotopic (exact) mass is 314 g/mol. The first-order valence-corrected chi connectivity index (χ1v) is 7.65. The lowest BCUT2D eigenvalue weighted by molar-refractivity contribution is -0.118. The van der Waals surface area contributed by atoms with Crippen LogP contribution >= 0.6 is 24.2 Å². The minimum Gasteiger partial charge on any atom is -0.351 e. The van der Waals surface area contributed by atoms with E-state index in [4.69, 9.17) is 0 Å². The van der Waals surface area contributed by atoms with Crippen LogP contribution in [0, 0.1) is 0 Å². The summed E-state index contributed by atoms with van der Waals surface area (Å²) in [4.78, 5) is 11.8. The predicted octanol–water partition coefficient (Wildman–Crippen LogP) is 2.86. The van der Waals surface area contributed by atoms with E-state index in [-0.39, 0.29) is 23.1 Å². The van der Waals surface area contributed by atoms with Crippen LogP contribution in [0.4, 0.5) is 0 Å². The van der Waals surface area contributed by atoms with Crippen molar-refractivity contribution in [3.63, 3.8) is 0 Å². The largest absolute Gasteiger partial charge is 0.351 e. The van der Waals surface area contributed by atoms with Crippen LogP contribution in [0.25, 0.3) is 0 Å². The van der Waals surface area contributed by atoms with Crippen molar-refractivity contribution in [3.05, 3.63) is 34.9 Å². The number of fused-ring (bicyclic) bond motifs is 1. The van der Waals surface area contributed by atoms with E-state index in [1.165, 1.54) is 16.7 Å². The molecular weight excluding hydrogens is 292 g/mol. The molecule has 1 aliphatic heterocycles. The van der Waals surface area contributed by atoms with E-state index in [0.29, 0.717) is 12.3 Å². The lowest BCUT2D eigenvalue weighted by Crippen LogP contribution is -2.26. The van der Waals surface area contributed by atoms with Crippen LogP contribution in [0.5, 0.6) is 0 Å². The molecule has 1 heterocycles. The van der Waals surface area contributed by atoms with E-state index < -0.39 is 0 Å². The molecule has 0 spiro atoms. The Morgan fingerprint density at radius 2 is 2.00 bits per heavy atom. The first-order chi connectivity index (χ1) is 8.94. The van der Waals surface area contributed by atoms with Gasteiger partial charge in [-0.05, 0) is 16.7 Å². The van der Waals surface area contributed by atoms with Gasteiger partial charge in [0.25, 0.3) is 0 Å². The minimum absolute atomic E-state index is 0. The van der Waals surface area contributed by atoms with Gasteiger partial charge in [0.2, 0.25) is 5.91 Å². The molecule has 1 aromatic carbocycles. The van der Waals surface area contributed by atoms with Crippen LogP contribution in [0.15, 0.2) is 18.2 Å². The fourth-order valence-electron chi connectivity index (χ4n) is 1.99. The van der Waals surface area contributed by atoms with E-state index >= 15 is 0 Å². The number of nitrogens with one attached hydrogen (secondary N) is 2. The molecule has 0 unspecified atom stereocenters. The van der Waals surface area contributed by atoms with Crippen molar-refractivity contribution in [3.8, 4) is 0 Å². The Kier molecular flexibility index (Phi) is 6.37. The topological polar surface area (TPSA) is 41.1 Å². The number of hydrogen-bond donors (Lipinski definition) is 2. The zero-order valence-corrected chi connectivity index (χ0v) is 13.9. The van der Waals surface area contributed by atoms with Crippen LogP contribution in [0.3, 0.4) is 0 Å². The number of hydrogen-bond acceptors (Lipinski definition) is 3. The first-order valence-electron chi connectivity index (χ1n) is 6.66. The highest BCUT2D eigenvalue weighted by Gasteiger charge is 2.14. The zero-order chi connectivity index (χ0) is 13.9. The summed E-state index contributed by atoms with van der Waals surface area (Å²) >= 11 is 1.67. The molecule has 0 radical (unpaired) electrons. The van der Waals surface area contributed by atoms with Gasteiger partial charge in [-0.3, -0.25) is 4.79 Å². The highest BCUT2D eigenvalue weighted by Crippen LogP contribution is 2.22. The molecule has 0 bridgehead atoms. The van der Waals surface area contributed by atoms with Gasteiger partial charge >= 0.3 is 0 Å². The van der Waals surface area contributed by atoms with Gasteiger partial charge in [-0.15, -0.1) is 24.2 Å². The smallest absolute Gasteiger partial charge is 0.230 e. The highest BCUT2D eigenvalue weighted by atomic mass is 35.5. The summed E-state index contributed by atoms with van der Waals surface area (Å²) in [5.41, 5.74) is 3.91. The molecule has 1 amide bonds. The third-order valence-electron chi connectivity index (χ3n) is 3.03. The van der Waals surface area contributed by atoms with E-state index in [1.54, 1.807) is 11.8 Å². The van der Waals surface area contributed by atoms with E-state index in [9.17, 15) is 4.79 Å². The second kappa shape index (κ2) is 7.34. The number of carbonyl (C=O) groups is 1. The number of thioether (sulfide) groups is 1. The Hall–Kier alpha value is -0.710. The number of carbonyl (C=O) groups excluding carboxylic acids is 1. The average molecular weight is 315 g/mol. The summed E-state index contributed by atoms with van der Waals surface area (Å²) in [6, 6.07) is 6.44. The Labute approximate surface area is 131 Å². The summed E-state index contributed by atoms with van der Waals surface area (Å²) < 4.78 is 0.135. The molecule has 2 rings (SSSR count). The first kappa shape index (κ1) is 17.3. The van der Waals surface area contributed by atoms with Gasteiger partial charge in [0.15, 0.2) is 0 Å². The molecular formula is C15H23ClN2OS. The molecule has 0 aromatic heterocycles. The second-order valence-corrected chi connectivity index (χ2v) is 7.69. The molecule has 0 aliphatic carbocycles. The van der Waals surface area contributed by atoms with Gasteiger partial charge in [-0.1, -0.05) is 39.0 Å². The van der Waals surface area contributed by atoms with Gasteiger partial charge in [0.05, 0.1) is 5.75 Å². The van der Waals surface area contributed by atoms with Gasteiger partial charge in [0, 0.05) is 24.4 Å². The van der Waals surface area contributed by atoms with E-state index in [1.807, 2.05) is 0 Å². The van der Waals surface area contributed by atoms with Crippen LogP contribution in [-0.2, 0) is 24.4 Å². The Balaban J connectivity index is 0.00000200. The van der Waals surface area contributed by atoms with Crippen LogP contribution < -0.4 is 10.6 Å². The number of rotatable bonds is 4. The lowest BCUT2D eigenvalue weighted by Gasteiger charge is -2.17. The van der Waals surface area contributed by atoms with Crippen LogP contribution in [0.1, 0.15) is 37.5 Å². The average Bonchev–Trinajstić information content (AvgIpc) is 2.80. The molecule has 0 fully saturated rings. The Morgan fingerprint density at radius 3 is 2.70 bits per heavy atom. The number of halogens is 1. The number of benzene rings is 1. The molecule has 3 nitrogen and oxygen atoms in total. The lowest BCUT2D eigenvalue weighted by atomic mass is 10.1. The SMILES string of the molecule is CC(C)(C)SCC(=O)NCc1ccc2c(c1)CNC2.Cl. The normalized spacial score (nSPS) is 13.6. The van der Waals surface area contributed by atoms with Crippen molar-refractivity contribution in [2.45, 2.75) is 45.2 Å². The quantitative estimate of drug-likeness (QED) is 0.898. The van der Waals surface area contributed by atoms with Crippen LogP contribution in [-0.4, -0.2) is 16.4 Å². The fourth-order valence-corrected chi connectivity index (χ4v) is 2.66. The van der Waals surface area contributed by atoms with Gasteiger partial charge in [-0.2, -0.15) is 0 Å². The maximum atomic E-state index is 11.8. The van der Waals surface area contributed by atoms with Crippen molar-refractivity contribution in [2.24, 2.45) is 0 Å². The Morgan fingerprint density at radius 1 is 1.30 bits per heavy atom. The van der Waals surface area contributed by atoms with Gasteiger partial charge in [-0.25, -0.2) is 0 Å². The third kappa shape index (κ3) is 5.35. The standard InChI is InChI=1S/C15H22N2OS.ClH/c1-15(2,3)19-10-14(18)17-7-11-4-5-12-8-16-9-13(12)6-11;/h4-6,16H,7-10H2,1-3H3,(H,17,18);1H. The van der Waals surface area contributed by atoms with Crippen molar-refractivity contribution >= 4 is 30.1 Å². The molecule has 1 aliphatic rings.